The number of nitro benzene ring substituents is 1. The van der Waals surface area contributed by atoms with E-state index in [2.05, 4.69) is 15.5 Å². The van der Waals surface area contributed by atoms with E-state index in [0.717, 1.165) is 0 Å². The first-order valence-electron chi connectivity index (χ1n) is 5.70. The number of halogens is 3. The van der Waals surface area contributed by atoms with E-state index in [1.165, 1.54) is 24.3 Å². The van der Waals surface area contributed by atoms with Crippen LogP contribution in [0.2, 0.25) is 0 Å². The minimum Gasteiger partial charge on any atom is -0.300 e. The third-order valence-corrected chi connectivity index (χ3v) is 3.34. The Labute approximate surface area is 124 Å². The molecule has 0 spiro atoms. The predicted octanol–water partition coefficient (Wildman–Crippen LogP) is 2.65. The lowest BCUT2D eigenvalue weighted by atomic mass is 10.1. The number of rotatable bonds is 4. The third kappa shape index (κ3) is 3.75. The number of carbonyl (C=O) groups is 1. The quantitative estimate of drug-likeness (QED) is 0.685. The van der Waals surface area contributed by atoms with E-state index in [-0.39, 0.29) is 34.1 Å². The molecule has 0 radical (unpaired) electrons. The zero-order valence-electron chi connectivity index (χ0n) is 10.6. The Bertz CT molecular complexity index is 717. The molecule has 2 aromatic rings. The number of anilines is 1. The van der Waals surface area contributed by atoms with Crippen LogP contribution in [-0.4, -0.2) is 21.0 Å². The summed E-state index contributed by atoms with van der Waals surface area (Å²) in [5, 5.41) is 17.5. The van der Waals surface area contributed by atoms with Gasteiger partial charge in [0.05, 0.1) is 11.3 Å². The van der Waals surface area contributed by atoms with E-state index in [1.807, 2.05) is 0 Å². The van der Waals surface area contributed by atoms with Crippen LogP contribution in [-0.2, 0) is 17.4 Å². The molecule has 1 aromatic carbocycles. The first-order chi connectivity index (χ1) is 10.3. The lowest BCUT2D eigenvalue weighted by Gasteiger charge is -2.02. The maximum Gasteiger partial charge on any atom is 0.445 e. The van der Waals surface area contributed by atoms with Gasteiger partial charge in [-0.25, -0.2) is 0 Å². The van der Waals surface area contributed by atoms with E-state index >= 15 is 0 Å². The molecule has 0 bridgehead atoms. The van der Waals surface area contributed by atoms with E-state index < -0.39 is 22.0 Å². The zero-order chi connectivity index (χ0) is 16.3. The Morgan fingerprint density at radius 2 is 2.00 bits per heavy atom. The van der Waals surface area contributed by atoms with Crippen LogP contribution >= 0.6 is 11.3 Å². The molecule has 0 saturated heterocycles. The van der Waals surface area contributed by atoms with Crippen molar-refractivity contribution in [2.24, 2.45) is 0 Å². The Morgan fingerprint density at radius 3 is 2.59 bits per heavy atom. The van der Waals surface area contributed by atoms with E-state index in [1.54, 1.807) is 0 Å². The van der Waals surface area contributed by atoms with Crippen molar-refractivity contribution in [1.82, 2.24) is 10.2 Å². The van der Waals surface area contributed by atoms with E-state index in [9.17, 15) is 28.1 Å². The molecule has 0 atom stereocenters. The van der Waals surface area contributed by atoms with Crippen LogP contribution in [0.1, 0.15) is 10.6 Å². The number of nitrogens with one attached hydrogen (secondary N) is 1. The fourth-order valence-electron chi connectivity index (χ4n) is 1.56. The van der Waals surface area contributed by atoms with Crippen LogP contribution in [0.4, 0.5) is 24.0 Å². The summed E-state index contributed by atoms with van der Waals surface area (Å²) in [6, 6.07) is 5.58. The molecule has 22 heavy (non-hydrogen) atoms. The van der Waals surface area contributed by atoms with Crippen LogP contribution in [0.5, 0.6) is 0 Å². The minimum atomic E-state index is -4.64. The van der Waals surface area contributed by atoms with Gasteiger partial charge in [0.1, 0.15) is 0 Å². The van der Waals surface area contributed by atoms with Gasteiger partial charge >= 0.3 is 6.18 Å². The maximum atomic E-state index is 12.3. The summed E-state index contributed by atoms with van der Waals surface area (Å²) < 4.78 is 37.0. The van der Waals surface area contributed by atoms with Crippen molar-refractivity contribution in [3.8, 4) is 0 Å². The van der Waals surface area contributed by atoms with Crippen molar-refractivity contribution in [3.63, 3.8) is 0 Å². The lowest BCUT2D eigenvalue weighted by molar-refractivity contribution is -0.385. The molecule has 0 fully saturated rings. The zero-order valence-corrected chi connectivity index (χ0v) is 11.4. The van der Waals surface area contributed by atoms with Crippen molar-refractivity contribution >= 4 is 28.1 Å². The number of carbonyl (C=O) groups excluding carboxylic acids is 1. The Morgan fingerprint density at radius 1 is 1.32 bits per heavy atom. The molecular weight excluding hydrogens is 325 g/mol. The average molecular weight is 332 g/mol. The fraction of sp³-hybridized carbons (Fsp3) is 0.182. The summed E-state index contributed by atoms with van der Waals surface area (Å²) in [4.78, 5) is 21.9. The summed E-state index contributed by atoms with van der Waals surface area (Å²) in [5.74, 6) is -0.723. The van der Waals surface area contributed by atoms with Gasteiger partial charge in [-0.15, -0.1) is 10.2 Å². The number of aromatic nitrogens is 2. The second-order valence-corrected chi connectivity index (χ2v) is 5.00. The molecule has 116 valence electrons. The second-order valence-electron chi connectivity index (χ2n) is 4.02. The third-order valence-electron chi connectivity index (χ3n) is 2.45. The summed E-state index contributed by atoms with van der Waals surface area (Å²) in [7, 11) is 0. The van der Waals surface area contributed by atoms with E-state index in [4.69, 9.17) is 0 Å². The number of nitro groups is 1. The average Bonchev–Trinajstić information content (AvgIpc) is 2.87. The lowest BCUT2D eigenvalue weighted by Crippen LogP contribution is -2.15. The Hall–Kier alpha value is -2.56. The predicted molar refractivity (Wildman–Crippen MR) is 70.3 cm³/mol. The van der Waals surface area contributed by atoms with Gasteiger partial charge < -0.3 is 5.32 Å². The normalized spacial score (nSPS) is 11.2. The van der Waals surface area contributed by atoms with Crippen LogP contribution in [0, 0.1) is 10.1 Å². The van der Waals surface area contributed by atoms with Crippen LogP contribution < -0.4 is 5.32 Å². The van der Waals surface area contributed by atoms with Crippen molar-refractivity contribution in [2.75, 3.05) is 5.32 Å². The number of amides is 1. The highest BCUT2D eigenvalue weighted by Gasteiger charge is 2.35. The molecule has 7 nitrogen and oxygen atoms in total. The second kappa shape index (κ2) is 6.05. The van der Waals surface area contributed by atoms with Crippen LogP contribution in [0.3, 0.4) is 0 Å². The highest BCUT2D eigenvalue weighted by atomic mass is 32.1. The first kappa shape index (κ1) is 15.8. The molecule has 11 heteroatoms. The number of nitrogens with zero attached hydrogens (tertiary/aromatic N) is 3. The van der Waals surface area contributed by atoms with Gasteiger partial charge in [-0.2, -0.15) is 13.2 Å². The molecule has 0 aliphatic rings. The molecule has 1 amide bonds. The standard InChI is InChI=1S/C11H7F3N4O3S/c12-11(13,14)9-16-17-10(22-9)15-8(19)5-6-3-1-2-4-7(6)18(20)21/h1-4H,5H2,(H,15,17,19). The molecule has 0 aliphatic heterocycles. The van der Waals surface area contributed by atoms with Gasteiger partial charge in [0, 0.05) is 11.6 Å². The topological polar surface area (TPSA) is 98.0 Å². The number of para-hydroxylation sites is 1. The largest absolute Gasteiger partial charge is 0.445 e. The summed E-state index contributed by atoms with van der Waals surface area (Å²) in [5.41, 5.74) is -0.101. The van der Waals surface area contributed by atoms with Crippen molar-refractivity contribution < 1.29 is 22.9 Å². The molecule has 1 heterocycles. The molecule has 0 aliphatic carbocycles. The molecule has 0 saturated carbocycles. The Balaban J connectivity index is 2.08. The molecular formula is C11H7F3N4O3S. The number of benzene rings is 1. The fourth-order valence-corrected chi connectivity index (χ4v) is 2.19. The van der Waals surface area contributed by atoms with Crippen molar-refractivity contribution in [1.29, 1.82) is 0 Å². The SMILES string of the molecule is O=C(Cc1ccccc1[N+](=O)[O-])Nc1nnc(C(F)(F)F)s1. The van der Waals surface area contributed by atoms with E-state index in [0.29, 0.717) is 0 Å². The van der Waals surface area contributed by atoms with Crippen LogP contribution in [0.15, 0.2) is 24.3 Å². The highest BCUT2D eigenvalue weighted by molar-refractivity contribution is 7.15. The summed E-state index contributed by atoms with van der Waals surface area (Å²) in [6.45, 7) is 0. The van der Waals surface area contributed by atoms with Gasteiger partial charge in [0.2, 0.25) is 16.0 Å². The van der Waals surface area contributed by atoms with Crippen LogP contribution in [0.25, 0.3) is 0 Å². The highest BCUT2D eigenvalue weighted by Crippen LogP contribution is 2.33. The van der Waals surface area contributed by atoms with Crippen molar-refractivity contribution in [2.45, 2.75) is 12.6 Å². The molecule has 1 N–H and O–H groups in total. The summed E-state index contributed by atoms with van der Waals surface area (Å²) in [6.07, 6.45) is -5.00. The smallest absolute Gasteiger partial charge is 0.300 e. The Kier molecular flexibility index (Phi) is 4.35. The molecule has 2 rings (SSSR count). The van der Waals surface area contributed by atoms with Gasteiger partial charge in [0.25, 0.3) is 5.69 Å². The van der Waals surface area contributed by atoms with Gasteiger partial charge in [-0.1, -0.05) is 29.5 Å². The molecule has 0 unspecified atom stereocenters. The summed E-state index contributed by atoms with van der Waals surface area (Å²) >= 11 is 0.176. The van der Waals surface area contributed by atoms with Crippen molar-refractivity contribution in [3.05, 3.63) is 45.0 Å². The van der Waals surface area contributed by atoms with Gasteiger partial charge in [-0.05, 0) is 0 Å². The monoisotopic (exact) mass is 332 g/mol. The number of hydrogen-bond acceptors (Lipinski definition) is 6. The van der Waals surface area contributed by atoms with Gasteiger partial charge in [0.15, 0.2) is 0 Å². The molecule has 1 aromatic heterocycles. The van der Waals surface area contributed by atoms with Gasteiger partial charge in [-0.3, -0.25) is 14.9 Å². The number of hydrogen-bond donors (Lipinski definition) is 1. The first-order valence-corrected chi connectivity index (χ1v) is 6.52. The maximum absolute atomic E-state index is 12.3. The minimum absolute atomic E-state index is 0.144. The number of alkyl halides is 3.